The predicted molar refractivity (Wildman–Crippen MR) is 91.3 cm³/mol. The van der Waals surface area contributed by atoms with Gasteiger partial charge in [0.05, 0.1) is 17.3 Å². The second-order valence-corrected chi connectivity index (χ2v) is 6.94. The summed E-state index contributed by atoms with van der Waals surface area (Å²) < 4.78 is 0. The van der Waals surface area contributed by atoms with Gasteiger partial charge in [0.25, 0.3) is 0 Å². The minimum atomic E-state index is -0.523. The fourth-order valence-corrected chi connectivity index (χ4v) is 2.56. The van der Waals surface area contributed by atoms with Gasteiger partial charge in [-0.1, -0.05) is 50.0 Å². The molecule has 0 atom stereocenters. The van der Waals surface area contributed by atoms with Crippen molar-refractivity contribution in [3.63, 3.8) is 0 Å². The summed E-state index contributed by atoms with van der Waals surface area (Å²) >= 11 is 12.2. The van der Waals surface area contributed by atoms with Crippen molar-refractivity contribution in [2.24, 2.45) is 5.41 Å². The third kappa shape index (κ3) is 3.99. The molecule has 1 amide bonds. The molecule has 0 saturated heterocycles. The van der Waals surface area contributed by atoms with E-state index < -0.39 is 5.41 Å². The lowest BCUT2D eigenvalue weighted by atomic mass is 9.94. The number of carbonyl (C=O) groups excluding carboxylic acids is 1. The van der Waals surface area contributed by atoms with E-state index in [2.05, 4.69) is 4.98 Å². The standard InChI is InChI=1S/C17H18Cl2N2O/c1-17(2,3)16(22)21(11-12-5-4-8-20-10-12)15-7-6-13(18)9-14(15)19/h4-10H,11H2,1-3H3. The molecule has 0 spiro atoms. The van der Waals surface area contributed by atoms with Crippen LogP contribution in [0.1, 0.15) is 26.3 Å². The van der Waals surface area contributed by atoms with Crippen LogP contribution in [0.25, 0.3) is 0 Å². The van der Waals surface area contributed by atoms with Crippen LogP contribution in [0, 0.1) is 5.41 Å². The van der Waals surface area contributed by atoms with Crippen molar-refractivity contribution in [3.8, 4) is 0 Å². The summed E-state index contributed by atoms with van der Waals surface area (Å²) in [6.45, 7) is 6.06. The average Bonchev–Trinajstić information content (AvgIpc) is 2.45. The molecular weight excluding hydrogens is 319 g/mol. The zero-order valence-corrected chi connectivity index (χ0v) is 14.3. The molecule has 0 unspecified atom stereocenters. The molecular formula is C17H18Cl2N2O. The number of halogens is 2. The first kappa shape index (κ1) is 16.8. The number of hydrogen-bond donors (Lipinski definition) is 0. The summed E-state index contributed by atoms with van der Waals surface area (Å²) in [5.74, 6) is -0.0134. The van der Waals surface area contributed by atoms with Gasteiger partial charge < -0.3 is 4.90 Å². The van der Waals surface area contributed by atoms with E-state index in [4.69, 9.17) is 23.2 Å². The van der Waals surface area contributed by atoms with E-state index in [9.17, 15) is 4.79 Å². The Morgan fingerprint density at radius 2 is 1.95 bits per heavy atom. The molecule has 1 aromatic heterocycles. The van der Waals surface area contributed by atoms with Gasteiger partial charge in [0.2, 0.25) is 5.91 Å². The van der Waals surface area contributed by atoms with Gasteiger partial charge in [-0.3, -0.25) is 9.78 Å². The van der Waals surface area contributed by atoms with Gasteiger partial charge in [-0.05, 0) is 29.8 Å². The van der Waals surface area contributed by atoms with Crippen LogP contribution in [0.4, 0.5) is 5.69 Å². The second kappa shape index (κ2) is 6.67. The van der Waals surface area contributed by atoms with Crippen LogP contribution in [0.15, 0.2) is 42.7 Å². The largest absolute Gasteiger partial charge is 0.306 e. The Labute approximate surface area is 140 Å². The first-order valence-electron chi connectivity index (χ1n) is 6.95. The summed E-state index contributed by atoms with van der Waals surface area (Å²) in [5.41, 5.74) is 1.06. The zero-order valence-electron chi connectivity index (χ0n) is 12.8. The van der Waals surface area contributed by atoms with Crippen LogP contribution in [0.2, 0.25) is 10.0 Å². The number of benzene rings is 1. The van der Waals surface area contributed by atoms with Gasteiger partial charge in [0.1, 0.15) is 0 Å². The first-order chi connectivity index (χ1) is 10.3. The van der Waals surface area contributed by atoms with Crippen molar-refractivity contribution >= 4 is 34.8 Å². The summed E-state index contributed by atoms with van der Waals surface area (Å²) in [7, 11) is 0. The summed E-state index contributed by atoms with van der Waals surface area (Å²) in [4.78, 5) is 18.6. The first-order valence-corrected chi connectivity index (χ1v) is 7.70. The van der Waals surface area contributed by atoms with Crippen molar-refractivity contribution in [2.75, 3.05) is 4.90 Å². The average molecular weight is 337 g/mol. The molecule has 0 bridgehead atoms. The number of amides is 1. The van der Waals surface area contributed by atoms with Gasteiger partial charge >= 0.3 is 0 Å². The number of pyridine rings is 1. The minimum absolute atomic E-state index is 0.0134. The maximum atomic E-state index is 12.8. The molecule has 1 aromatic carbocycles. The Morgan fingerprint density at radius 1 is 1.23 bits per heavy atom. The Morgan fingerprint density at radius 3 is 2.50 bits per heavy atom. The van der Waals surface area contributed by atoms with Crippen LogP contribution >= 0.6 is 23.2 Å². The summed E-state index contributed by atoms with van der Waals surface area (Å²) in [6.07, 6.45) is 3.45. The molecule has 2 rings (SSSR count). The van der Waals surface area contributed by atoms with Crippen LogP contribution in [0.5, 0.6) is 0 Å². The normalized spacial score (nSPS) is 11.3. The fraction of sp³-hybridized carbons (Fsp3) is 0.294. The lowest BCUT2D eigenvalue weighted by Gasteiger charge is -2.30. The summed E-state index contributed by atoms with van der Waals surface area (Å²) in [6, 6.07) is 8.92. The molecule has 22 heavy (non-hydrogen) atoms. The molecule has 2 aromatic rings. The minimum Gasteiger partial charge on any atom is -0.306 e. The van der Waals surface area contributed by atoms with Gasteiger partial charge in [0, 0.05) is 22.8 Å². The van der Waals surface area contributed by atoms with Crippen LogP contribution in [-0.2, 0) is 11.3 Å². The fourth-order valence-electron chi connectivity index (χ4n) is 2.05. The third-order valence-corrected chi connectivity index (χ3v) is 3.69. The number of aromatic nitrogens is 1. The Hall–Kier alpha value is -1.58. The van der Waals surface area contributed by atoms with Gasteiger partial charge in [-0.25, -0.2) is 0 Å². The Balaban J connectivity index is 2.43. The highest BCUT2D eigenvalue weighted by atomic mass is 35.5. The Bertz CT molecular complexity index is 666. The van der Waals surface area contributed by atoms with Crippen molar-refractivity contribution in [1.29, 1.82) is 0 Å². The smallest absolute Gasteiger partial charge is 0.232 e. The van der Waals surface area contributed by atoms with Crippen molar-refractivity contribution in [3.05, 3.63) is 58.3 Å². The van der Waals surface area contributed by atoms with E-state index in [0.29, 0.717) is 22.3 Å². The third-order valence-electron chi connectivity index (χ3n) is 3.15. The van der Waals surface area contributed by atoms with Crippen LogP contribution < -0.4 is 4.90 Å². The number of nitrogens with zero attached hydrogens (tertiary/aromatic N) is 2. The van der Waals surface area contributed by atoms with Gasteiger partial charge in [0.15, 0.2) is 0 Å². The predicted octanol–water partition coefficient (Wildman–Crippen LogP) is 4.97. The van der Waals surface area contributed by atoms with Crippen molar-refractivity contribution < 1.29 is 4.79 Å². The summed E-state index contributed by atoms with van der Waals surface area (Å²) in [5, 5.41) is 0.993. The van der Waals surface area contributed by atoms with Crippen molar-refractivity contribution in [1.82, 2.24) is 4.98 Å². The van der Waals surface area contributed by atoms with Crippen LogP contribution in [-0.4, -0.2) is 10.9 Å². The van der Waals surface area contributed by atoms with Crippen LogP contribution in [0.3, 0.4) is 0 Å². The maximum absolute atomic E-state index is 12.8. The van der Waals surface area contributed by atoms with E-state index in [1.54, 1.807) is 35.5 Å². The highest BCUT2D eigenvalue weighted by Crippen LogP contribution is 2.32. The topological polar surface area (TPSA) is 33.2 Å². The molecule has 116 valence electrons. The lowest BCUT2D eigenvalue weighted by Crippen LogP contribution is -2.39. The quantitative estimate of drug-likeness (QED) is 0.792. The van der Waals surface area contributed by atoms with E-state index in [-0.39, 0.29) is 5.91 Å². The second-order valence-electron chi connectivity index (χ2n) is 6.10. The molecule has 0 fully saturated rings. The molecule has 0 aliphatic rings. The molecule has 3 nitrogen and oxygen atoms in total. The molecule has 0 radical (unpaired) electrons. The highest BCUT2D eigenvalue weighted by molar-refractivity contribution is 6.36. The van der Waals surface area contributed by atoms with Gasteiger partial charge in [-0.15, -0.1) is 0 Å². The molecule has 0 aliphatic heterocycles. The van der Waals surface area contributed by atoms with E-state index in [1.165, 1.54) is 0 Å². The van der Waals surface area contributed by atoms with E-state index in [1.807, 2.05) is 32.9 Å². The number of rotatable bonds is 3. The van der Waals surface area contributed by atoms with Gasteiger partial charge in [-0.2, -0.15) is 0 Å². The van der Waals surface area contributed by atoms with E-state index >= 15 is 0 Å². The lowest BCUT2D eigenvalue weighted by molar-refractivity contribution is -0.125. The van der Waals surface area contributed by atoms with E-state index in [0.717, 1.165) is 5.56 Å². The molecule has 0 saturated carbocycles. The Kier molecular flexibility index (Phi) is 5.09. The highest BCUT2D eigenvalue weighted by Gasteiger charge is 2.29. The molecule has 0 N–H and O–H groups in total. The number of anilines is 1. The molecule has 1 heterocycles. The number of carbonyl (C=O) groups is 1. The molecule has 5 heteroatoms. The van der Waals surface area contributed by atoms with Crippen molar-refractivity contribution in [2.45, 2.75) is 27.3 Å². The SMILES string of the molecule is CC(C)(C)C(=O)N(Cc1cccnc1)c1ccc(Cl)cc1Cl. The number of hydrogen-bond acceptors (Lipinski definition) is 2. The zero-order chi connectivity index (χ0) is 16.3. The maximum Gasteiger partial charge on any atom is 0.232 e. The monoisotopic (exact) mass is 336 g/mol. The molecule has 0 aliphatic carbocycles.